The quantitative estimate of drug-likeness (QED) is 0.547. The van der Waals surface area contributed by atoms with E-state index in [1.54, 1.807) is 24.3 Å². The number of ether oxygens (including phenoxy) is 2. The molecule has 9 nitrogen and oxygen atoms in total. The van der Waals surface area contributed by atoms with E-state index in [9.17, 15) is 19.2 Å². The number of nitrogens with one attached hydrogen (secondary N) is 2. The largest absolute Gasteiger partial charge is 0.497 e. The number of carbonyl (C=O) groups excluding carboxylic acids is 4. The van der Waals surface area contributed by atoms with E-state index >= 15 is 0 Å². The lowest BCUT2D eigenvalue weighted by Crippen LogP contribution is -2.52. The number of benzene rings is 1. The van der Waals surface area contributed by atoms with Crippen LogP contribution >= 0.6 is 0 Å². The molecule has 0 unspecified atom stereocenters. The zero-order chi connectivity index (χ0) is 21.0. The van der Waals surface area contributed by atoms with Crippen molar-refractivity contribution in [3.8, 4) is 5.75 Å². The molecule has 1 aromatic rings. The normalized spacial score (nSPS) is 23.7. The summed E-state index contributed by atoms with van der Waals surface area (Å²) in [6.07, 6.45) is 2.71. The van der Waals surface area contributed by atoms with Gasteiger partial charge in [-0.15, -0.1) is 0 Å². The first-order valence-electron chi connectivity index (χ1n) is 9.58. The Labute approximate surface area is 168 Å². The van der Waals surface area contributed by atoms with Gasteiger partial charge in [-0.1, -0.05) is 19.1 Å². The summed E-state index contributed by atoms with van der Waals surface area (Å²) in [5.74, 6) is -0.724. The molecule has 0 aromatic heterocycles. The van der Waals surface area contributed by atoms with E-state index in [0.717, 1.165) is 12.8 Å². The van der Waals surface area contributed by atoms with Crippen LogP contribution in [0.1, 0.15) is 38.2 Å². The highest BCUT2D eigenvalue weighted by Crippen LogP contribution is 2.35. The third-order valence-corrected chi connectivity index (χ3v) is 5.37. The van der Waals surface area contributed by atoms with Gasteiger partial charge in [-0.05, 0) is 49.3 Å². The van der Waals surface area contributed by atoms with Gasteiger partial charge < -0.3 is 14.8 Å². The van der Waals surface area contributed by atoms with Crippen LogP contribution in [0.15, 0.2) is 24.3 Å². The van der Waals surface area contributed by atoms with E-state index in [0.29, 0.717) is 35.1 Å². The second kappa shape index (κ2) is 8.50. The van der Waals surface area contributed by atoms with Crippen LogP contribution in [0.4, 0.5) is 4.79 Å². The van der Waals surface area contributed by atoms with E-state index < -0.39 is 36.0 Å². The fraction of sp³-hybridized carbons (Fsp3) is 0.500. The van der Waals surface area contributed by atoms with Crippen molar-refractivity contribution in [1.29, 1.82) is 0 Å². The summed E-state index contributed by atoms with van der Waals surface area (Å²) < 4.78 is 10.0. The first kappa shape index (κ1) is 20.6. The van der Waals surface area contributed by atoms with Gasteiger partial charge in [0, 0.05) is 0 Å². The van der Waals surface area contributed by atoms with Crippen LogP contribution < -0.4 is 15.5 Å². The van der Waals surface area contributed by atoms with Crippen molar-refractivity contribution in [3.63, 3.8) is 0 Å². The van der Waals surface area contributed by atoms with Crippen molar-refractivity contribution in [2.45, 2.75) is 44.6 Å². The van der Waals surface area contributed by atoms with Gasteiger partial charge in [-0.25, -0.2) is 4.79 Å². The van der Waals surface area contributed by atoms with Crippen molar-refractivity contribution >= 4 is 23.8 Å². The minimum absolute atomic E-state index is 0.0328. The van der Waals surface area contributed by atoms with Gasteiger partial charge >= 0.3 is 12.0 Å². The lowest BCUT2D eigenvalue weighted by Gasteiger charge is -2.33. The minimum Gasteiger partial charge on any atom is -0.497 e. The van der Waals surface area contributed by atoms with Crippen LogP contribution in [-0.2, 0) is 25.5 Å². The summed E-state index contributed by atoms with van der Waals surface area (Å²) in [5, 5.41) is 3.40. The average Bonchev–Trinajstić information content (AvgIpc) is 2.93. The van der Waals surface area contributed by atoms with Crippen molar-refractivity contribution in [1.82, 2.24) is 15.8 Å². The SMILES string of the molecule is COc1cccc(CC(=O)OCC(=O)NN2C(=O)NC3(CCC(C)CC3)C2=O)c1. The number of amides is 4. The number of esters is 1. The van der Waals surface area contributed by atoms with Crippen LogP contribution in [0.2, 0.25) is 0 Å². The second-order valence-electron chi connectivity index (χ2n) is 7.56. The molecule has 1 saturated carbocycles. The predicted octanol–water partition coefficient (Wildman–Crippen LogP) is 1.31. The average molecular weight is 403 g/mol. The lowest BCUT2D eigenvalue weighted by molar-refractivity contribution is -0.150. The van der Waals surface area contributed by atoms with Gasteiger partial charge in [0.2, 0.25) is 0 Å². The van der Waals surface area contributed by atoms with E-state index in [2.05, 4.69) is 17.7 Å². The summed E-state index contributed by atoms with van der Waals surface area (Å²) in [7, 11) is 1.52. The molecule has 2 N–H and O–H groups in total. The Morgan fingerprint density at radius 1 is 1.28 bits per heavy atom. The summed E-state index contributed by atoms with van der Waals surface area (Å²) in [4.78, 5) is 48.9. The molecule has 1 saturated heterocycles. The molecule has 3 rings (SSSR count). The lowest BCUT2D eigenvalue weighted by atomic mass is 9.77. The van der Waals surface area contributed by atoms with E-state index in [-0.39, 0.29) is 6.42 Å². The molecule has 0 atom stereocenters. The van der Waals surface area contributed by atoms with Gasteiger partial charge in [-0.2, -0.15) is 5.01 Å². The van der Waals surface area contributed by atoms with Crippen molar-refractivity contribution in [3.05, 3.63) is 29.8 Å². The van der Waals surface area contributed by atoms with Crippen molar-refractivity contribution in [2.75, 3.05) is 13.7 Å². The number of hydrazine groups is 1. The molecule has 9 heteroatoms. The van der Waals surface area contributed by atoms with E-state index in [1.165, 1.54) is 7.11 Å². The van der Waals surface area contributed by atoms with Crippen molar-refractivity contribution < 1.29 is 28.7 Å². The molecule has 2 fully saturated rings. The number of hydrogen-bond donors (Lipinski definition) is 2. The summed E-state index contributed by atoms with van der Waals surface area (Å²) in [6, 6.07) is 6.26. The van der Waals surface area contributed by atoms with Gasteiger partial charge in [0.15, 0.2) is 6.61 Å². The van der Waals surface area contributed by atoms with Crippen LogP contribution in [0.25, 0.3) is 0 Å². The highest BCUT2D eigenvalue weighted by Gasteiger charge is 2.52. The molecular weight excluding hydrogens is 378 g/mol. The maximum absolute atomic E-state index is 12.7. The minimum atomic E-state index is -0.945. The van der Waals surface area contributed by atoms with Crippen LogP contribution in [0.5, 0.6) is 5.75 Å². The molecule has 29 heavy (non-hydrogen) atoms. The summed E-state index contributed by atoms with van der Waals surface area (Å²) in [5.41, 5.74) is 1.97. The molecule has 4 amide bonds. The zero-order valence-corrected chi connectivity index (χ0v) is 16.5. The standard InChI is InChI=1S/C20H25N3O6/c1-13-6-8-20(9-7-13)18(26)23(19(27)21-20)22-16(24)12-29-17(25)11-14-4-3-5-15(10-14)28-2/h3-5,10,13H,6-9,11-12H2,1-2H3,(H,21,27)(H,22,24). The molecule has 1 aromatic carbocycles. The van der Waals surface area contributed by atoms with Gasteiger partial charge in [0.25, 0.3) is 11.8 Å². The smallest absolute Gasteiger partial charge is 0.344 e. The fourth-order valence-corrected chi connectivity index (χ4v) is 3.62. The Bertz CT molecular complexity index is 816. The Hall–Kier alpha value is -3.10. The molecular formula is C20H25N3O6. The molecule has 0 radical (unpaired) electrons. The zero-order valence-electron chi connectivity index (χ0n) is 16.5. The topological polar surface area (TPSA) is 114 Å². The molecule has 1 aliphatic heterocycles. The number of imide groups is 1. The summed E-state index contributed by atoms with van der Waals surface area (Å²) >= 11 is 0. The first-order valence-corrected chi connectivity index (χ1v) is 9.58. The summed E-state index contributed by atoms with van der Waals surface area (Å²) in [6.45, 7) is 1.51. The number of urea groups is 1. The third kappa shape index (κ3) is 4.67. The number of rotatable bonds is 6. The maximum atomic E-state index is 12.7. The van der Waals surface area contributed by atoms with E-state index in [1.807, 2.05) is 0 Å². The Kier molecular flexibility index (Phi) is 6.05. The monoisotopic (exact) mass is 403 g/mol. The number of methoxy groups -OCH3 is 1. The van der Waals surface area contributed by atoms with Crippen LogP contribution in [-0.4, -0.2) is 48.1 Å². The molecule has 1 heterocycles. The number of carbonyl (C=O) groups is 4. The van der Waals surface area contributed by atoms with Gasteiger partial charge in [0.1, 0.15) is 11.3 Å². The fourth-order valence-electron chi connectivity index (χ4n) is 3.62. The van der Waals surface area contributed by atoms with Crippen LogP contribution in [0.3, 0.4) is 0 Å². The molecule has 1 spiro atoms. The van der Waals surface area contributed by atoms with Gasteiger partial charge in [0.05, 0.1) is 13.5 Å². The predicted molar refractivity (Wildman–Crippen MR) is 102 cm³/mol. The number of nitrogens with zero attached hydrogens (tertiary/aromatic N) is 1. The van der Waals surface area contributed by atoms with Crippen LogP contribution in [0, 0.1) is 5.92 Å². The first-order chi connectivity index (χ1) is 13.8. The number of hydrogen-bond acceptors (Lipinski definition) is 6. The molecule has 0 bridgehead atoms. The van der Waals surface area contributed by atoms with E-state index in [4.69, 9.17) is 9.47 Å². The Morgan fingerprint density at radius 3 is 2.69 bits per heavy atom. The highest BCUT2D eigenvalue weighted by molar-refractivity contribution is 6.08. The van der Waals surface area contributed by atoms with Gasteiger partial charge in [-0.3, -0.25) is 19.8 Å². The molecule has 156 valence electrons. The second-order valence-corrected chi connectivity index (χ2v) is 7.56. The Balaban J connectivity index is 1.49. The molecule has 1 aliphatic carbocycles. The third-order valence-electron chi connectivity index (χ3n) is 5.37. The molecule has 2 aliphatic rings. The highest BCUT2D eigenvalue weighted by atomic mass is 16.5. The van der Waals surface area contributed by atoms with Crippen molar-refractivity contribution in [2.24, 2.45) is 5.92 Å². The Morgan fingerprint density at radius 2 is 2.00 bits per heavy atom. The maximum Gasteiger partial charge on any atom is 0.344 e.